The molecule has 2 N–H and O–H groups in total. The molecule has 2 amide bonds. The first kappa shape index (κ1) is 19.4. The van der Waals surface area contributed by atoms with Gasteiger partial charge in [0.2, 0.25) is 0 Å². The second kappa shape index (κ2) is 7.68. The monoisotopic (exact) mass is 371 g/mol. The van der Waals surface area contributed by atoms with Gasteiger partial charge in [-0.2, -0.15) is 5.10 Å². The van der Waals surface area contributed by atoms with Gasteiger partial charge in [0, 0.05) is 31.0 Å². The van der Waals surface area contributed by atoms with Gasteiger partial charge in [0.15, 0.2) is 0 Å². The number of carbonyl (C=O) groups is 1. The van der Waals surface area contributed by atoms with Crippen LogP contribution in [0.5, 0.6) is 0 Å². The van der Waals surface area contributed by atoms with Crippen LogP contribution in [0.2, 0.25) is 0 Å². The first-order chi connectivity index (χ1) is 12.8. The van der Waals surface area contributed by atoms with Crippen LogP contribution in [0.1, 0.15) is 42.4 Å². The van der Waals surface area contributed by atoms with Crippen molar-refractivity contribution in [3.8, 4) is 0 Å². The van der Waals surface area contributed by atoms with E-state index in [1.165, 1.54) is 0 Å². The van der Waals surface area contributed by atoms with Gasteiger partial charge in [-0.05, 0) is 58.2 Å². The lowest BCUT2D eigenvalue weighted by Gasteiger charge is -2.38. The van der Waals surface area contributed by atoms with Crippen molar-refractivity contribution in [2.24, 2.45) is 0 Å². The largest absolute Gasteiger partial charge is 0.383 e. The normalized spacial score (nSPS) is 17.6. The van der Waals surface area contributed by atoms with Crippen molar-refractivity contribution in [2.45, 2.75) is 58.7 Å². The van der Waals surface area contributed by atoms with Gasteiger partial charge in [-0.1, -0.05) is 6.07 Å². The average molecular weight is 371 g/mol. The third-order valence-corrected chi connectivity index (χ3v) is 5.19. The third-order valence-electron chi connectivity index (χ3n) is 5.19. The Morgan fingerprint density at radius 3 is 2.56 bits per heavy atom. The molecule has 0 unspecified atom stereocenters. The van der Waals surface area contributed by atoms with Crippen LogP contribution in [0.3, 0.4) is 0 Å². The Morgan fingerprint density at radius 2 is 2.00 bits per heavy atom. The highest BCUT2D eigenvalue weighted by Gasteiger charge is 2.36. The Hall–Kier alpha value is -2.41. The van der Waals surface area contributed by atoms with E-state index in [9.17, 15) is 9.90 Å². The maximum absolute atomic E-state index is 12.6. The number of likely N-dealkylation sites (tertiary alicyclic amines) is 1. The number of rotatable bonds is 4. The van der Waals surface area contributed by atoms with Crippen molar-refractivity contribution >= 4 is 6.03 Å². The van der Waals surface area contributed by atoms with Gasteiger partial charge >= 0.3 is 6.03 Å². The Morgan fingerprint density at radius 1 is 1.30 bits per heavy atom. The predicted molar refractivity (Wildman–Crippen MR) is 103 cm³/mol. The summed E-state index contributed by atoms with van der Waals surface area (Å²) in [6.07, 6.45) is 2.75. The summed E-state index contributed by atoms with van der Waals surface area (Å²) >= 11 is 0. The van der Waals surface area contributed by atoms with Crippen molar-refractivity contribution in [3.63, 3.8) is 0 Å². The number of aryl methyl sites for hydroxylation is 3. The molecule has 0 radical (unpaired) electrons. The second-order valence-corrected chi connectivity index (χ2v) is 7.70. The highest BCUT2D eigenvalue weighted by molar-refractivity contribution is 5.74. The minimum Gasteiger partial charge on any atom is -0.383 e. The number of carbonyl (C=O) groups excluding carboxylic acids is 1. The fourth-order valence-corrected chi connectivity index (χ4v) is 3.55. The number of amides is 2. The SMILES string of the molecule is Cc1ccc(C2(O)CCN(C(=O)N[C@H](C)Cn3nc(C)cc3C)CC2)nc1. The molecule has 1 aliphatic heterocycles. The number of urea groups is 1. The summed E-state index contributed by atoms with van der Waals surface area (Å²) < 4.78 is 1.91. The predicted octanol–water partition coefficient (Wildman–Crippen LogP) is 2.29. The Kier molecular flexibility index (Phi) is 5.51. The van der Waals surface area contributed by atoms with Crippen LogP contribution < -0.4 is 5.32 Å². The number of hydrogen-bond acceptors (Lipinski definition) is 4. The molecule has 0 aromatic carbocycles. The fraction of sp³-hybridized carbons (Fsp3) is 0.550. The maximum atomic E-state index is 12.6. The number of aromatic nitrogens is 3. The fourth-order valence-electron chi connectivity index (χ4n) is 3.55. The van der Waals surface area contributed by atoms with E-state index in [1.807, 2.05) is 50.6 Å². The zero-order valence-corrected chi connectivity index (χ0v) is 16.6. The van der Waals surface area contributed by atoms with Crippen LogP contribution in [0.15, 0.2) is 24.4 Å². The molecule has 1 saturated heterocycles. The highest BCUT2D eigenvalue weighted by Crippen LogP contribution is 2.31. The molecule has 7 nitrogen and oxygen atoms in total. The highest BCUT2D eigenvalue weighted by atomic mass is 16.3. The van der Waals surface area contributed by atoms with E-state index in [0.717, 1.165) is 17.0 Å². The molecule has 1 atom stereocenters. The molecule has 2 aromatic rings. The van der Waals surface area contributed by atoms with Gasteiger partial charge in [0.1, 0.15) is 5.60 Å². The average Bonchev–Trinajstić information content (AvgIpc) is 2.92. The smallest absolute Gasteiger partial charge is 0.317 e. The molecule has 146 valence electrons. The van der Waals surface area contributed by atoms with E-state index in [2.05, 4.69) is 15.4 Å². The van der Waals surface area contributed by atoms with Crippen molar-refractivity contribution in [1.82, 2.24) is 25.0 Å². The summed E-state index contributed by atoms with van der Waals surface area (Å²) in [5.41, 5.74) is 2.86. The van der Waals surface area contributed by atoms with Gasteiger partial charge in [0.25, 0.3) is 0 Å². The number of piperidine rings is 1. The molecule has 1 fully saturated rings. The standard InChI is InChI=1S/C20H29N5O2/c1-14-5-6-18(21-12-14)20(27)7-9-24(10-8-20)19(26)22-16(3)13-25-17(4)11-15(2)23-25/h5-6,11-12,16,27H,7-10,13H2,1-4H3,(H,22,26)/t16-/m1/s1. The Balaban J connectivity index is 1.53. The number of aliphatic hydroxyl groups is 1. The van der Waals surface area contributed by atoms with Gasteiger partial charge in [-0.3, -0.25) is 9.67 Å². The Bertz CT molecular complexity index is 791. The van der Waals surface area contributed by atoms with E-state index in [0.29, 0.717) is 38.2 Å². The van der Waals surface area contributed by atoms with Gasteiger partial charge in [-0.15, -0.1) is 0 Å². The summed E-state index contributed by atoms with van der Waals surface area (Å²) in [4.78, 5) is 18.7. The van der Waals surface area contributed by atoms with E-state index in [-0.39, 0.29) is 12.1 Å². The second-order valence-electron chi connectivity index (χ2n) is 7.70. The third kappa shape index (κ3) is 4.47. The van der Waals surface area contributed by atoms with E-state index < -0.39 is 5.60 Å². The van der Waals surface area contributed by atoms with Crippen molar-refractivity contribution in [3.05, 3.63) is 47.0 Å². The molecular formula is C20H29N5O2. The van der Waals surface area contributed by atoms with Crippen molar-refractivity contribution < 1.29 is 9.90 Å². The molecule has 0 saturated carbocycles. The molecule has 7 heteroatoms. The molecule has 1 aliphatic rings. The molecule has 27 heavy (non-hydrogen) atoms. The summed E-state index contributed by atoms with van der Waals surface area (Å²) in [6, 6.07) is 5.73. The number of pyridine rings is 1. The van der Waals surface area contributed by atoms with Crippen LogP contribution in [0, 0.1) is 20.8 Å². The number of nitrogens with zero attached hydrogens (tertiary/aromatic N) is 4. The van der Waals surface area contributed by atoms with Crippen molar-refractivity contribution in [1.29, 1.82) is 0 Å². The van der Waals surface area contributed by atoms with Crippen LogP contribution in [0.4, 0.5) is 4.79 Å². The lowest BCUT2D eigenvalue weighted by Crippen LogP contribution is -2.51. The van der Waals surface area contributed by atoms with Crippen LogP contribution in [-0.2, 0) is 12.1 Å². The molecule has 3 rings (SSSR count). The van der Waals surface area contributed by atoms with Crippen LogP contribution in [0.25, 0.3) is 0 Å². The first-order valence-corrected chi connectivity index (χ1v) is 9.49. The lowest BCUT2D eigenvalue weighted by molar-refractivity contribution is -0.0205. The maximum Gasteiger partial charge on any atom is 0.317 e. The van der Waals surface area contributed by atoms with Gasteiger partial charge in [-0.25, -0.2) is 4.79 Å². The van der Waals surface area contributed by atoms with E-state index in [1.54, 1.807) is 11.1 Å². The van der Waals surface area contributed by atoms with E-state index >= 15 is 0 Å². The zero-order valence-electron chi connectivity index (χ0n) is 16.6. The Labute approximate surface area is 160 Å². The van der Waals surface area contributed by atoms with Crippen molar-refractivity contribution in [2.75, 3.05) is 13.1 Å². The first-order valence-electron chi connectivity index (χ1n) is 9.49. The zero-order chi connectivity index (χ0) is 19.6. The number of nitrogens with one attached hydrogen (secondary N) is 1. The summed E-state index contributed by atoms with van der Waals surface area (Å²) in [5.74, 6) is 0. The van der Waals surface area contributed by atoms with Crippen LogP contribution in [-0.4, -0.2) is 49.9 Å². The van der Waals surface area contributed by atoms with Crippen LogP contribution >= 0.6 is 0 Å². The summed E-state index contributed by atoms with van der Waals surface area (Å²) in [5, 5.41) is 18.4. The lowest BCUT2D eigenvalue weighted by atomic mass is 9.87. The molecule has 0 aliphatic carbocycles. The summed E-state index contributed by atoms with van der Waals surface area (Å²) in [7, 11) is 0. The molecule has 0 spiro atoms. The van der Waals surface area contributed by atoms with Gasteiger partial charge < -0.3 is 15.3 Å². The van der Waals surface area contributed by atoms with Gasteiger partial charge in [0.05, 0.1) is 17.9 Å². The minimum atomic E-state index is -0.959. The minimum absolute atomic E-state index is 0.0323. The van der Waals surface area contributed by atoms with E-state index in [4.69, 9.17) is 0 Å². The molecule has 2 aromatic heterocycles. The number of hydrogen-bond donors (Lipinski definition) is 2. The topological polar surface area (TPSA) is 83.3 Å². The molecular weight excluding hydrogens is 342 g/mol. The molecule has 0 bridgehead atoms. The quantitative estimate of drug-likeness (QED) is 0.864. The summed E-state index contributed by atoms with van der Waals surface area (Å²) in [6.45, 7) is 9.57. The molecule has 3 heterocycles.